The number of nitrogens with one attached hydrogen (secondary N) is 1. The van der Waals surface area contributed by atoms with Crippen molar-refractivity contribution < 1.29 is 17.9 Å². The molecule has 1 N–H and O–H groups in total. The van der Waals surface area contributed by atoms with Crippen molar-refractivity contribution in [3.8, 4) is 11.4 Å². The van der Waals surface area contributed by atoms with Gasteiger partial charge < -0.3 is 10.1 Å². The van der Waals surface area contributed by atoms with Crippen LogP contribution in [0.3, 0.4) is 0 Å². The van der Waals surface area contributed by atoms with E-state index in [1.165, 1.54) is 18.0 Å². The van der Waals surface area contributed by atoms with Gasteiger partial charge in [-0.15, -0.1) is 0 Å². The molecule has 9 heteroatoms. The summed E-state index contributed by atoms with van der Waals surface area (Å²) in [7, 11) is 1.52. The van der Waals surface area contributed by atoms with Crippen molar-refractivity contribution in [1.29, 1.82) is 0 Å². The highest BCUT2D eigenvalue weighted by Gasteiger charge is 2.37. The molecule has 4 rings (SSSR count). The second kappa shape index (κ2) is 5.61. The minimum absolute atomic E-state index is 0.0960. The Morgan fingerprint density at radius 2 is 2.04 bits per heavy atom. The summed E-state index contributed by atoms with van der Waals surface area (Å²) in [4.78, 5) is 11.6. The maximum absolute atomic E-state index is 13.2. The summed E-state index contributed by atoms with van der Waals surface area (Å²) in [6.07, 6.45) is -1.39. The van der Waals surface area contributed by atoms with Gasteiger partial charge in [0.05, 0.1) is 12.8 Å². The average Bonchev–Trinajstić information content (AvgIpc) is 3.29. The van der Waals surface area contributed by atoms with E-state index in [0.717, 1.165) is 12.8 Å². The van der Waals surface area contributed by atoms with Gasteiger partial charge in [-0.2, -0.15) is 13.2 Å². The number of alkyl halides is 3. The largest absolute Gasteiger partial charge is 0.497 e. The third kappa shape index (κ3) is 2.97. The Labute approximate surface area is 140 Å². The molecule has 0 radical (unpaired) electrons. The number of hydrogen-bond donors (Lipinski definition) is 1. The summed E-state index contributed by atoms with van der Waals surface area (Å²) >= 11 is 0. The predicted molar refractivity (Wildman–Crippen MR) is 84.9 cm³/mol. The number of imidazole rings is 1. The van der Waals surface area contributed by atoms with Gasteiger partial charge in [-0.25, -0.2) is 15.0 Å². The molecule has 0 atom stereocenters. The van der Waals surface area contributed by atoms with Crippen LogP contribution < -0.4 is 10.1 Å². The number of ether oxygens (including phenoxy) is 1. The van der Waals surface area contributed by atoms with Gasteiger partial charge in [0.15, 0.2) is 17.0 Å². The SMILES string of the molecule is COc1cccc(-n2cnc3c(NC4CC4)nc(C(F)(F)F)nc32)c1. The number of rotatable bonds is 4. The van der Waals surface area contributed by atoms with Crippen molar-refractivity contribution in [3.63, 3.8) is 0 Å². The first-order chi connectivity index (χ1) is 12.0. The molecular formula is C16H14F3N5O. The molecule has 130 valence electrons. The van der Waals surface area contributed by atoms with Crippen LogP contribution >= 0.6 is 0 Å². The van der Waals surface area contributed by atoms with Crippen molar-refractivity contribution in [2.75, 3.05) is 12.4 Å². The minimum atomic E-state index is -4.64. The number of methoxy groups -OCH3 is 1. The van der Waals surface area contributed by atoms with Crippen molar-refractivity contribution in [1.82, 2.24) is 19.5 Å². The van der Waals surface area contributed by atoms with Gasteiger partial charge in [0.2, 0.25) is 5.82 Å². The molecule has 0 spiro atoms. The van der Waals surface area contributed by atoms with Crippen LogP contribution in [0.15, 0.2) is 30.6 Å². The molecule has 1 fully saturated rings. The zero-order chi connectivity index (χ0) is 17.6. The van der Waals surface area contributed by atoms with Crippen LogP contribution in [0.25, 0.3) is 16.9 Å². The number of hydrogen-bond acceptors (Lipinski definition) is 5. The van der Waals surface area contributed by atoms with E-state index >= 15 is 0 Å². The maximum atomic E-state index is 13.2. The summed E-state index contributed by atoms with van der Waals surface area (Å²) in [5.74, 6) is -0.491. The Kier molecular flexibility index (Phi) is 3.52. The van der Waals surface area contributed by atoms with E-state index in [9.17, 15) is 13.2 Å². The van der Waals surface area contributed by atoms with Gasteiger partial charge in [0.1, 0.15) is 12.1 Å². The number of halogens is 3. The van der Waals surface area contributed by atoms with Crippen LogP contribution in [0.1, 0.15) is 18.7 Å². The lowest BCUT2D eigenvalue weighted by Crippen LogP contribution is -2.15. The second-order valence-corrected chi connectivity index (χ2v) is 5.80. The molecule has 1 aliphatic carbocycles. The lowest BCUT2D eigenvalue weighted by Gasteiger charge is -2.11. The van der Waals surface area contributed by atoms with Crippen LogP contribution in [-0.4, -0.2) is 32.7 Å². The summed E-state index contributed by atoms with van der Waals surface area (Å²) in [5, 5.41) is 3.01. The molecule has 3 aromatic rings. The standard InChI is InChI=1S/C16H14F3N5O/c1-25-11-4-2-3-10(7-11)24-8-20-12-13(21-9-5-6-9)22-15(16(17,18)19)23-14(12)24/h2-4,7-9H,5-6H2,1H3,(H,21,22,23). The fourth-order valence-corrected chi connectivity index (χ4v) is 2.50. The van der Waals surface area contributed by atoms with Gasteiger partial charge in [-0.05, 0) is 25.0 Å². The lowest BCUT2D eigenvalue weighted by molar-refractivity contribution is -0.144. The molecule has 1 saturated carbocycles. The van der Waals surface area contributed by atoms with Crippen LogP contribution in [0.4, 0.5) is 19.0 Å². The Bertz CT molecular complexity index is 933. The molecule has 0 unspecified atom stereocenters. The summed E-state index contributed by atoms with van der Waals surface area (Å²) in [6.45, 7) is 0. The Morgan fingerprint density at radius 3 is 2.72 bits per heavy atom. The highest BCUT2D eigenvalue weighted by molar-refractivity contribution is 5.84. The number of aromatic nitrogens is 4. The molecule has 1 aliphatic rings. The first-order valence-corrected chi connectivity index (χ1v) is 7.69. The molecule has 2 heterocycles. The first-order valence-electron chi connectivity index (χ1n) is 7.69. The Hall–Kier alpha value is -2.84. The van der Waals surface area contributed by atoms with E-state index in [2.05, 4.69) is 20.3 Å². The van der Waals surface area contributed by atoms with Crippen LogP contribution in [0.5, 0.6) is 5.75 Å². The summed E-state index contributed by atoms with van der Waals surface area (Å²) < 4.78 is 46.3. The van der Waals surface area contributed by atoms with Crippen molar-refractivity contribution in [2.45, 2.75) is 25.1 Å². The molecule has 0 aliphatic heterocycles. The molecular weight excluding hydrogens is 335 g/mol. The van der Waals surface area contributed by atoms with Crippen molar-refractivity contribution in [3.05, 3.63) is 36.4 Å². The average molecular weight is 349 g/mol. The first kappa shape index (κ1) is 15.7. The zero-order valence-electron chi connectivity index (χ0n) is 13.2. The highest BCUT2D eigenvalue weighted by atomic mass is 19.4. The van der Waals surface area contributed by atoms with Gasteiger partial charge in [0, 0.05) is 12.1 Å². The van der Waals surface area contributed by atoms with E-state index in [4.69, 9.17) is 4.74 Å². The molecule has 1 aromatic carbocycles. The third-order valence-corrected chi connectivity index (χ3v) is 3.90. The van der Waals surface area contributed by atoms with Crippen LogP contribution in [0.2, 0.25) is 0 Å². The van der Waals surface area contributed by atoms with E-state index in [-0.39, 0.29) is 17.5 Å². The monoisotopic (exact) mass is 349 g/mol. The predicted octanol–water partition coefficient (Wildman–Crippen LogP) is 3.42. The number of anilines is 1. The van der Waals surface area contributed by atoms with Crippen LogP contribution in [-0.2, 0) is 6.18 Å². The fourth-order valence-electron chi connectivity index (χ4n) is 2.50. The van der Waals surface area contributed by atoms with Gasteiger partial charge in [0.25, 0.3) is 0 Å². The lowest BCUT2D eigenvalue weighted by atomic mass is 10.3. The maximum Gasteiger partial charge on any atom is 0.451 e. The van der Waals surface area contributed by atoms with Gasteiger partial charge in [-0.1, -0.05) is 6.07 Å². The summed E-state index contributed by atoms with van der Waals surface area (Å²) in [5.41, 5.74) is 1.01. The van der Waals surface area contributed by atoms with Crippen molar-refractivity contribution >= 4 is 17.0 Å². The quantitative estimate of drug-likeness (QED) is 0.782. The number of fused-ring (bicyclic) bond motifs is 1. The minimum Gasteiger partial charge on any atom is -0.497 e. The summed E-state index contributed by atoms with van der Waals surface area (Å²) in [6, 6.07) is 7.08. The Morgan fingerprint density at radius 1 is 1.24 bits per heavy atom. The molecule has 0 amide bonds. The second-order valence-electron chi connectivity index (χ2n) is 5.80. The van der Waals surface area contributed by atoms with Gasteiger partial charge in [-0.3, -0.25) is 4.57 Å². The molecule has 25 heavy (non-hydrogen) atoms. The third-order valence-electron chi connectivity index (χ3n) is 3.90. The Balaban J connectivity index is 1.90. The molecule has 0 bridgehead atoms. The van der Waals surface area contributed by atoms with E-state index in [1.54, 1.807) is 24.3 Å². The molecule has 0 saturated heterocycles. The fraction of sp³-hybridized carbons (Fsp3) is 0.312. The topological polar surface area (TPSA) is 64.9 Å². The zero-order valence-corrected chi connectivity index (χ0v) is 13.2. The van der Waals surface area contributed by atoms with E-state index in [0.29, 0.717) is 17.0 Å². The molecule has 2 aromatic heterocycles. The smallest absolute Gasteiger partial charge is 0.451 e. The van der Waals surface area contributed by atoms with E-state index < -0.39 is 12.0 Å². The highest BCUT2D eigenvalue weighted by Crippen LogP contribution is 2.33. The van der Waals surface area contributed by atoms with Crippen molar-refractivity contribution in [2.24, 2.45) is 0 Å². The van der Waals surface area contributed by atoms with Crippen LogP contribution in [0, 0.1) is 0 Å². The van der Waals surface area contributed by atoms with E-state index in [1.807, 2.05) is 0 Å². The normalized spacial score (nSPS) is 14.7. The number of nitrogens with zero attached hydrogens (tertiary/aromatic N) is 4. The van der Waals surface area contributed by atoms with Gasteiger partial charge >= 0.3 is 6.18 Å². The number of benzene rings is 1. The molecule has 6 nitrogen and oxygen atoms in total.